The summed E-state index contributed by atoms with van der Waals surface area (Å²) < 4.78 is 17.0. The molecule has 0 N–H and O–H groups in total. The second kappa shape index (κ2) is 69.6. The van der Waals surface area contributed by atoms with Crippen LogP contribution in [0.25, 0.3) is 0 Å². The molecule has 0 aliphatic heterocycles. The van der Waals surface area contributed by atoms with Gasteiger partial charge in [0.2, 0.25) is 0 Å². The second-order valence-electron chi connectivity index (χ2n) is 24.1. The SMILES string of the molecule is CC/C=C\C/C=C\C/C=C\C/C=C\CCCCCCCCCCCCC(=O)OC(COC(=O)CCCCCCC/C=C\CCCC)COC(=O)CCCCCCCCCCCCCCCCCCCCCCCCCCCCCCC. The van der Waals surface area contributed by atoms with Crippen LogP contribution in [0.5, 0.6) is 0 Å². The quantitative estimate of drug-likeness (QED) is 0.0261. The van der Waals surface area contributed by atoms with Gasteiger partial charge in [-0.1, -0.05) is 345 Å². The number of hydrogen-bond acceptors (Lipinski definition) is 6. The maximum Gasteiger partial charge on any atom is 0.306 e. The van der Waals surface area contributed by atoms with Gasteiger partial charge in [0.1, 0.15) is 13.2 Å². The first kappa shape index (κ1) is 78.1. The van der Waals surface area contributed by atoms with Crippen LogP contribution >= 0.6 is 0 Å². The zero-order chi connectivity index (χ0) is 58.5. The van der Waals surface area contributed by atoms with Crippen molar-refractivity contribution in [2.24, 2.45) is 0 Å². The molecular formula is C75H136O6. The molecule has 6 nitrogen and oxygen atoms in total. The van der Waals surface area contributed by atoms with E-state index >= 15 is 0 Å². The summed E-state index contributed by atoms with van der Waals surface area (Å²) in [5, 5.41) is 0. The average molecular weight is 1130 g/mol. The molecule has 0 bridgehead atoms. The summed E-state index contributed by atoms with van der Waals surface area (Å²) in [5.74, 6) is -0.867. The van der Waals surface area contributed by atoms with Gasteiger partial charge in [-0.25, -0.2) is 0 Å². The third kappa shape index (κ3) is 67.8. The van der Waals surface area contributed by atoms with E-state index in [1.165, 1.54) is 250 Å². The predicted octanol–water partition coefficient (Wildman–Crippen LogP) is 24.7. The number of unbranched alkanes of at least 4 members (excludes halogenated alkanes) is 45. The Hall–Kier alpha value is -2.89. The molecule has 0 aromatic carbocycles. The van der Waals surface area contributed by atoms with Crippen molar-refractivity contribution in [1.29, 1.82) is 0 Å². The fourth-order valence-corrected chi connectivity index (χ4v) is 10.7. The van der Waals surface area contributed by atoms with Gasteiger partial charge in [-0.3, -0.25) is 14.4 Å². The van der Waals surface area contributed by atoms with Gasteiger partial charge in [-0.15, -0.1) is 0 Å². The lowest BCUT2D eigenvalue weighted by Gasteiger charge is -2.18. The molecule has 0 aliphatic rings. The first-order chi connectivity index (χ1) is 40.0. The summed E-state index contributed by atoms with van der Waals surface area (Å²) in [7, 11) is 0. The molecule has 0 aromatic rings. The van der Waals surface area contributed by atoms with Gasteiger partial charge in [-0.05, 0) is 77.0 Å². The molecule has 1 unspecified atom stereocenters. The Kier molecular flexibility index (Phi) is 67.1. The summed E-state index contributed by atoms with van der Waals surface area (Å²) in [4.78, 5) is 38.4. The smallest absolute Gasteiger partial charge is 0.306 e. The molecule has 0 aliphatic carbocycles. The average Bonchev–Trinajstić information content (AvgIpc) is 3.47. The van der Waals surface area contributed by atoms with E-state index < -0.39 is 6.10 Å². The van der Waals surface area contributed by atoms with Crippen molar-refractivity contribution in [2.45, 2.75) is 386 Å². The number of hydrogen-bond donors (Lipinski definition) is 0. The van der Waals surface area contributed by atoms with Crippen molar-refractivity contribution < 1.29 is 28.6 Å². The Bertz CT molecular complexity index is 1440. The molecule has 0 aromatic heterocycles. The van der Waals surface area contributed by atoms with E-state index in [9.17, 15) is 14.4 Å². The third-order valence-corrected chi connectivity index (χ3v) is 16.0. The number of carbonyl (C=O) groups excluding carboxylic acids is 3. The highest BCUT2D eigenvalue weighted by molar-refractivity contribution is 5.71. The molecule has 0 spiro atoms. The highest BCUT2D eigenvalue weighted by atomic mass is 16.6. The second-order valence-corrected chi connectivity index (χ2v) is 24.1. The van der Waals surface area contributed by atoms with Crippen LogP contribution in [-0.2, 0) is 28.6 Å². The van der Waals surface area contributed by atoms with E-state index in [1.54, 1.807) is 0 Å². The van der Waals surface area contributed by atoms with Gasteiger partial charge in [-0.2, -0.15) is 0 Å². The van der Waals surface area contributed by atoms with Crippen molar-refractivity contribution in [3.05, 3.63) is 60.8 Å². The number of esters is 3. The highest BCUT2D eigenvalue weighted by Crippen LogP contribution is 2.19. The van der Waals surface area contributed by atoms with Crippen LogP contribution in [0.4, 0.5) is 0 Å². The maximum absolute atomic E-state index is 12.9. The summed E-state index contributed by atoms with van der Waals surface area (Å²) in [6.07, 6.45) is 89.8. The highest BCUT2D eigenvalue weighted by Gasteiger charge is 2.19. The van der Waals surface area contributed by atoms with Crippen LogP contribution in [0.2, 0.25) is 0 Å². The number of allylic oxidation sites excluding steroid dienone is 10. The van der Waals surface area contributed by atoms with Gasteiger partial charge in [0, 0.05) is 19.3 Å². The summed E-state index contributed by atoms with van der Waals surface area (Å²) in [6, 6.07) is 0. The molecule has 81 heavy (non-hydrogen) atoms. The van der Waals surface area contributed by atoms with Gasteiger partial charge >= 0.3 is 17.9 Å². The summed E-state index contributed by atoms with van der Waals surface area (Å²) >= 11 is 0. The molecule has 472 valence electrons. The Morgan fingerprint density at radius 1 is 0.259 bits per heavy atom. The van der Waals surface area contributed by atoms with Gasteiger partial charge in [0.05, 0.1) is 0 Å². The van der Waals surface area contributed by atoms with Crippen LogP contribution < -0.4 is 0 Å². The van der Waals surface area contributed by atoms with Crippen LogP contribution in [0.1, 0.15) is 380 Å². The minimum atomic E-state index is -0.779. The van der Waals surface area contributed by atoms with E-state index in [2.05, 4.69) is 81.5 Å². The Morgan fingerprint density at radius 2 is 0.494 bits per heavy atom. The zero-order valence-electron chi connectivity index (χ0n) is 54.3. The predicted molar refractivity (Wildman–Crippen MR) is 353 cm³/mol. The topological polar surface area (TPSA) is 78.9 Å². The van der Waals surface area contributed by atoms with E-state index in [0.29, 0.717) is 19.3 Å². The van der Waals surface area contributed by atoms with E-state index in [-0.39, 0.29) is 31.1 Å². The molecule has 6 heteroatoms. The Morgan fingerprint density at radius 3 is 0.802 bits per heavy atom. The van der Waals surface area contributed by atoms with Crippen LogP contribution in [0, 0.1) is 0 Å². The number of carbonyl (C=O) groups is 3. The normalized spacial score (nSPS) is 12.4. The van der Waals surface area contributed by atoms with E-state index in [4.69, 9.17) is 14.2 Å². The lowest BCUT2D eigenvalue weighted by molar-refractivity contribution is -0.167. The van der Waals surface area contributed by atoms with Crippen molar-refractivity contribution in [2.75, 3.05) is 13.2 Å². The Balaban J connectivity index is 4.16. The molecule has 0 saturated carbocycles. The summed E-state index contributed by atoms with van der Waals surface area (Å²) in [6.45, 7) is 6.54. The first-order valence-corrected chi connectivity index (χ1v) is 35.8. The van der Waals surface area contributed by atoms with E-state index in [1.807, 2.05) is 0 Å². The lowest BCUT2D eigenvalue weighted by atomic mass is 10.0. The van der Waals surface area contributed by atoms with Crippen LogP contribution in [-0.4, -0.2) is 37.2 Å². The molecular weight excluding hydrogens is 997 g/mol. The molecule has 0 rings (SSSR count). The monoisotopic (exact) mass is 1130 g/mol. The number of ether oxygens (including phenoxy) is 3. The largest absolute Gasteiger partial charge is 0.462 e. The fraction of sp³-hybridized carbons (Fsp3) is 0.827. The molecule has 0 heterocycles. The van der Waals surface area contributed by atoms with Gasteiger partial charge < -0.3 is 14.2 Å². The van der Waals surface area contributed by atoms with Crippen molar-refractivity contribution >= 4 is 17.9 Å². The maximum atomic E-state index is 12.9. The van der Waals surface area contributed by atoms with Gasteiger partial charge in [0.25, 0.3) is 0 Å². The zero-order valence-corrected chi connectivity index (χ0v) is 54.3. The molecule has 0 fully saturated rings. The minimum absolute atomic E-state index is 0.0747. The minimum Gasteiger partial charge on any atom is -0.462 e. The molecule has 0 saturated heterocycles. The van der Waals surface area contributed by atoms with E-state index in [0.717, 1.165) is 89.9 Å². The summed E-state index contributed by atoms with van der Waals surface area (Å²) in [5.41, 5.74) is 0. The van der Waals surface area contributed by atoms with Crippen molar-refractivity contribution in [3.63, 3.8) is 0 Å². The van der Waals surface area contributed by atoms with Crippen LogP contribution in [0.15, 0.2) is 60.8 Å². The van der Waals surface area contributed by atoms with Crippen molar-refractivity contribution in [1.82, 2.24) is 0 Å². The fourth-order valence-electron chi connectivity index (χ4n) is 10.7. The molecule has 0 amide bonds. The van der Waals surface area contributed by atoms with Crippen molar-refractivity contribution in [3.8, 4) is 0 Å². The van der Waals surface area contributed by atoms with Gasteiger partial charge in [0.15, 0.2) is 6.10 Å². The Labute approximate surface area is 504 Å². The lowest BCUT2D eigenvalue weighted by Crippen LogP contribution is -2.30. The number of rotatable bonds is 66. The molecule has 0 radical (unpaired) electrons. The van der Waals surface area contributed by atoms with Crippen LogP contribution in [0.3, 0.4) is 0 Å². The molecule has 1 atom stereocenters. The standard InChI is InChI=1S/C75H136O6/c1-4-7-10-13-16-19-22-24-26-28-30-32-34-35-36-37-38-39-41-42-44-46-48-50-53-56-59-62-65-68-74(77)80-71-72(70-79-73(76)67-64-61-58-55-52-21-18-15-12-9-6-3)81-75(78)69-66-63-60-57-54-51-49-47-45-43-40-33-31-29-27-25-23-20-17-14-11-8-5-2/h8,11,15,17-18,20,25,27,31,33,72H,4-7,9-10,12-14,16,19,21-24,26,28-30,32,34-71H2,1-3H3/b11-8-,18-15-,20-17-,27-25-,33-31-. The first-order valence-electron chi connectivity index (χ1n) is 35.8. The third-order valence-electron chi connectivity index (χ3n) is 16.0.